The summed E-state index contributed by atoms with van der Waals surface area (Å²) < 4.78 is 5.74. The zero-order valence-corrected chi connectivity index (χ0v) is 17.6. The fourth-order valence-electron chi connectivity index (χ4n) is 2.74. The summed E-state index contributed by atoms with van der Waals surface area (Å²) in [4.78, 5) is 50.4. The van der Waals surface area contributed by atoms with Crippen molar-refractivity contribution in [3.8, 4) is 0 Å². The molecule has 0 fully saturated rings. The Labute approximate surface area is 184 Å². The number of halogens is 1. The van der Waals surface area contributed by atoms with Gasteiger partial charge in [0.05, 0.1) is 22.5 Å². The molecule has 0 saturated heterocycles. The predicted octanol–water partition coefficient (Wildman–Crippen LogP) is 4.05. The second-order valence-electron chi connectivity index (χ2n) is 6.43. The molecule has 0 aliphatic carbocycles. The van der Waals surface area contributed by atoms with E-state index in [9.17, 15) is 24.5 Å². The van der Waals surface area contributed by atoms with E-state index in [2.05, 4.69) is 26.2 Å². The van der Waals surface area contributed by atoms with E-state index in [4.69, 9.17) is 4.74 Å². The molecule has 2 aromatic carbocycles. The van der Waals surface area contributed by atoms with Gasteiger partial charge in [-0.1, -0.05) is 22.0 Å². The van der Waals surface area contributed by atoms with Gasteiger partial charge < -0.3 is 10.1 Å². The number of anilines is 1. The molecule has 0 aliphatic heterocycles. The van der Waals surface area contributed by atoms with Crippen molar-refractivity contribution < 1.29 is 24.0 Å². The molecule has 0 atom stereocenters. The van der Waals surface area contributed by atoms with Crippen LogP contribution in [0.1, 0.15) is 23.2 Å². The number of carbonyl (C=O) groups is 3. The fraction of sp³-hybridized carbons (Fsp3) is 0.143. The van der Waals surface area contributed by atoms with Gasteiger partial charge in [0.1, 0.15) is 0 Å². The Morgan fingerprint density at radius 3 is 2.52 bits per heavy atom. The Kier molecular flexibility index (Phi) is 7.03. The normalized spacial score (nSPS) is 10.5. The summed E-state index contributed by atoms with van der Waals surface area (Å²) >= 11 is 3.43. The third kappa shape index (κ3) is 5.70. The quantitative estimate of drug-likeness (QED) is 0.220. The van der Waals surface area contributed by atoms with Gasteiger partial charge in [-0.15, -0.1) is 0 Å². The minimum Gasteiger partial charge on any atom is -0.457 e. The molecule has 1 N–H and O–H groups in total. The van der Waals surface area contributed by atoms with Crippen molar-refractivity contribution in [2.24, 2.45) is 0 Å². The number of Topliss-reactive ketones (excluding diaryl/α,β-unsaturated/α-hetero) is 1. The number of ketones is 1. The number of amides is 1. The van der Waals surface area contributed by atoms with Crippen LogP contribution in [0.25, 0.3) is 10.9 Å². The van der Waals surface area contributed by atoms with E-state index in [0.717, 1.165) is 9.86 Å². The molecule has 1 amide bonds. The van der Waals surface area contributed by atoms with Crippen molar-refractivity contribution in [2.45, 2.75) is 12.8 Å². The topological polar surface area (TPSA) is 128 Å². The van der Waals surface area contributed by atoms with Crippen LogP contribution in [0.3, 0.4) is 0 Å². The summed E-state index contributed by atoms with van der Waals surface area (Å²) in [7, 11) is 0. The van der Waals surface area contributed by atoms with Crippen molar-refractivity contribution in [2.75, 3.05) is 11.9 Å². The third-order valence-electron chi connectivity index (χ3n) is 4.31. The molecular weight excluding hydrogens is 470 g/mol. The Bertz CT molecular complexity index is 1160. The highest BCUT2D eigenvalue weighted by Crippen LogP contribution is 2.28. The second-order valence-corrected chi connectivity index (χ2v) is 7.28. The van der Waals surface area contributed by atoms with Crippen molar-refractivity contribution >= 4 is 55.9 Å². The van der Waals surface area contributed by atoms with Crippen LogP contribution in [-0.2, 0) is 14.3 Å². The van der Waals surface area contributed by atoms with Crippen molar-refractivity contribution in [1.29, 1.82) is 0 Å². The number of non-ortho nitro benzene ring substituents is 1. The number of aromatic nitrogens is 1. The Morgan fingerprint density at radius 2 is 1.81 bits per heavy atom. The number of fused-ring (bicyclic) bond motifs is 1. The summed E-state index contributed by atoms with van der Waals surface area (Å²) in [6, 6.07) is 12.1. The maximum atomic E-state index is 12.2. The van der Waals surface area contributed by atoms with E-state index < -0.39 is 29.2 Å². The first-order valence-corrected chi connectivity index (χ1v) is 9.91. The van der Waals surface area contributed by atoms with Crippen LogP contribution in [0.15, 0.2) is 59.2 Å². The number of pyridine rings is 1. The molecule has 0 saturated carbocycles. The van der Waals surface area contributed by atoms with Gasteiger partial charge in [-0.25, -0.2) is 0 Å². The SMILES string of the molecule is O=C(CCC(=O)OCC(=O)c1ccc([N+](=O)[O-])cc1)Nc1ccc(Br)c2cccnc12. The van der Waals surface area contributed by atoms with E-state index >= 15 is 0 Å². The molecule has 0 spiro atoms. The van der Waals surface area contributed by atoms with E-state index in [0.29, 0.717) is 11.2 Å². The molecule has 0 bridgehead atoms. The van der Waals surface area contributed by atoms with Gasteiger partial charge in [0, 0.05) is 40.2 Å². The smallest absolute Gasteiger partial charge is 0.306 e. The number of hydrogen-bond acceptors (Lipinski definition) is 7. The summed E-state index contributed by atoms with van der Waals surface area (Å²) in [5.41, 5.74) is 1.17. The van der Waals surface area contributed by atoms with Crippen LogP contribution in [0.5, 0.6) is 0 Å². The van der Waals surface area contributed by atoms with Gasteiger partial charge in [0.25, 0.3) is 5.69 Å². The molecule has 9 nitrogen and oxygen atoms in total. The average molecular weight is 486 g/mol. The molecule has 158 valence electrons. The highest BCUT2D eigenvalue weighted by atomic mass is 79.9. The van der Waals surface area contributed by atoms with Gasteiger partial charge >= 0.3 is 5.97 Å². The van der Waals surface area contributed by atoms with Gasteiger partial charge in [-0.3, -0.25) is 29.5 Å². The molecule has 1 aromatic heterocycles. The monoisotopic (exact) mass is 485 g/mol. The number of rotatable bonds is 8. The zero-order valence-electron chi connectivity index (χ0n) is 16.0. The molecule has 3 rings (SSSR count). The standard InChI is InChI=1S/C21H16BrN3O6/c22-16-7-8-17(21-15(16)2-1-11-23-21)24-19(27)9-10-20(28)31-12-18(26)13-3-5-14(6-4-13)25(29)30/h1-8,11H,9-10,12H2,(H,24,27). The van der Waals surface area contributed by atoms with Crippen LogP contribution in [0.4, 0.5) is 11.4 Å². The summed E-state index contributed by atoms with van der Waals surface area (Å²) in [6.07, 6.45) is 1.28. The number of nitro benzene ring substituents is 1. The van der Waals surface area contributed by atoms with Gasteiger partial charge in [-0.05, 0) is 30.3 Å². The van der Waals surface area contributed by atoms with Crippen LogP contribution in [-0.4, -0.2) is 34.2 Å². The maximum absolute atomic E-state index is 12.2. The van der Waals surface area contributed by atoms with E-state index in [1.807, 2.05) is 6.07 Å². The molecule has 1 heterocycles. The number of ether oxygens (including phenoxy) is 1. The fourth-order valence-corrected chi connectivity index (χ4v) is 3.19. The number of benzene rings is 2. The van der Waals surface area contributed by atoms with Crippen molar-refractivity contribution in [3.63, 3.8) is 0 Å². The Balaban J connectivity index is 1.48. The number of nitrogens with one attached hydrogen (secondary N) is 1. The molecule has 31 heavy (non-hydrogen) atoms. The highest BCUT2D eigenvalue weighted by Gasteiger charge is 2.14. The lowest BCUT2D eigenvalue weighted by atomic mass is 10.1. The number of carbonyl (C=O) groups excluding carboxylic acids is 3. The molecule has 10 heteroatoms. The predicted molar refractivity (Wildman–Crippen MR) is 116 cm³/mol. The lowest BCUT2D eigenvalue weighted by molar-refractivity contribution is -0.384. The molecule has 0 unspecified atom stereocenters. The number of nitrogens with zero attached hydrogens (tertiary/aromatic N) is 2. The zero-order chi connectivity index (χ0) is 22.4. The highest BCUT2D eigenvalue weighted by molar-refractivity contribution is 9.10. The lowest BCUT2D eigenvalue weighted by Crippen LogP contribution is -2.17. The van der Waals surface area contributed by atoms with E-state index in [1.165, 1.54) is 24.3 Å². The molecular formula is C21H16BrN3O6. The van der Waals surface area contributed by atoms with Crippen LogP contribution in [0, 0.1) is 10.1 Å². The van der Waals surface area contributed by atoms with Gasteiger partial charge in [0.15, 0.2) is 12.4 Å². The second kappa shape index (κ2) is 9.90. The number of nitro groups is 1. The maximum Gasteiger partial charge on any atom is 0.306 e. The molecule has 0 radical (unpaired) electrons. The first kappa shape index (κ1) is 22.0. The molecule has 3 aromatic rings. The first-order valence-electron chi connectivity index (χ1n) is 9.11. The first-order chi connectivity index (χ1) is 14.8. The largest absolute Gasteiger partial charge is 0.457 e. The molecule has 0 aliphatic rings. The van der Waals surface area contributed by atoms with Crippen LogP contribution in [0.2, 0.25) is 0 Å². The lowest BCUT2D eigenvalue weighted by Gasteiger charge is -2.09. The average Bonchev–Trinajstić information content (AvgIpc) is 2.78. The summed E-state index contributed by atoms with van der Waals surface area (Å²) in [5.74, 6) is -1.60. The van der Waals surface area contributed by atoms with Gasteiger partial charge in [-0.2, -0.15) is 0 Å². The minimum atomic E-state index is -0.704. The minimum absolute atomic E-state index is 0.130. The van der Waals surface area contributed by atoms with E-state index in [-0.39, 0.29) is 24.1 Å². The van der Waals surface area contributed by atoms with Crippen LogP contribution >= 0.6 is 15.9 Å². The Morgan fingerprint density at radius 1 is 1.06 bits per heavy atom. The van der Waals surface area contributed by atoms with Crippen LogP contribution < -0.4 is 5.32 Å². The number of esters is 1. The summed E-state index contributed by atoms with van der Waals surface area (Å²) in [6.45, 7) is -0.514. The van der Waals surface area contributed by atoms with Crippen molar-refractivity contribution in [1.82, 2.24) is 4.98 Å². The van der Waals surface area contributed by atoms with Crippen molar-refractivity contribution in [3.05, 3.63) is 74.9 Å². The van der Waals surface area contributed by atoms with E-state index in [1.54, 1.807) is 24.4 Å². The van der Waals surface area contributed by atoms with Gasteiger partial charge in [0.2, 0.25) is 5.91 Å². The Hall–Kier alpha value is -3.66. The summed E-state index contributed by atoms with van der Waals surface area (Å²) in [5, 5.41) is 14.2. The number of hydrogen-bond donors (Lipinski definition) is 1. The third-order valence-corrected chi connectivity index (χ3v) is 5.00.